The molecule has 3 aliphatic rings. The third-order valence-corrected chi connectivity index (χ3v) is 4.40. The van der Waals surface area contributed by atoms with Gasteiger partial charge in [0.1, 0.15) is 0 Å². The average molecular weight is 223 g/mol. The van der Waals surface area contributed by atoms with Gasteiger partial charge in [-0.05, 0) is 45.7 Å². The Kier molecular flexibility index (Phi) is 3.18. The van der Waals surface area contributed by atoms with Crippen LogP contribution in [-0.2, 0) is 0 Å². The number of hydrogen-bond donors (Lipinski definition) is 1. The first-order chi connectivity index (χ1) is 7.83. The van der Waals surface area contributed by atoms with E-state index in [2.05, 4.69) is 22.0 Å². The van der Waals surface area contributed by atoms with Gasteiger partial charge in [0.25, 0.3) is 0 Å². The molecule has 0 amide bonds. The molecule has 1 aliphatic carbocycles. The van der Waals surface area contributed by atoms with E-state index in [9.17, 15) is 0 Å². The van der Waals surface area contributed by atoms with Gasteiger partial charge in [-0.25, -0.2) is 0 Å². The number of nitrogens with zero attached hydrogens (tertiary/aromatic N) is 2. The zero-order valence-electron chi connectivity index (χ0n) is 10.5. The molecule has 2 aliphatic heterocycles. The molecule has 2 saturated heterocycles. The van der Waals surface area contributed by atoms with Crippen LogP contribution < -0.4 is 5.32 Å². The van der Waals surface area contributed by atoms with E-state index in [1.807, 2.05) is 0 Å². The highest BCUT2D eigenvalue weighted by atomic mass is 15.3. The molecule has 0 aromatic heterocycles. The van der Waals surface area contributed by atoms with Gasteiger partial charge < -0.3 is 5.32 Å². The van der Waals surface area contributed by atoms with E-state index in [1.54, 1.807) is 0 Å². The summed E-state index contributed by atoms with van der Waals surface area (Å²) in [5.41, 5.74) is 0. The van der Waals surface area contributed by atoms with Crippen molar-refractivity contribution in [3.8, 4) is 0 Å². The van der Waals surface area contributed by atoms with E-state index < -0.39 is 0 Å². The van der Waals surface area contributed by atoms with E-state index in [4.69, 9.17) is 0 Å². The maximum atomic E-state index is 3.59. The van der Waals surface area contributed by atoms with Crippen molar-refractivity contribution in [3.63, 3.8) is 0 Å². The topological polar surface area (TPSA) is 18.5 Å². The summed E-state index contributed by atoms with van der Waals surface area (Å²) in [6, 6.07) is 2.49. The highest BCUT2D eigenvalue weighted by molar-refractivity contribution is 4.93. The fourth-order valence-corrected chi connectivity index (χ4v) is 3.31. The molecule has 0 spiro atoms. The van der Waals surface area contributed by atoms with Gasteiger partial charge in [0.05, 0.1) is 0 Å². The van der Waals surface area contributed by atoms with Crippen molar-refractivity contribution in [1.82, 2.24) is 15.1 Å². The Morgan fingerprint density at radius 1 is 0.938 bits per heavy atom. The van der Waals surface area contributed by atoms with E-state index >= 15 is 0 Å². The predicted octanol–water partition coefficient (Wildman–Crippen LogP) is 0.907. The Hall–Kier alpha value is -0.120. The zero-order chi connectivity index (χ0) is 11.0. The second-order valence-electron chi connectivity index (χ2n) is 5.87. The van der Waals surface area contributed by atoms with Crippen molar-refractivity contribution in [2.45, 2.75) is 50.7 Å². The largest absolute Gasteiger partial charge is 0.313 e. The lowest BCUT2D eigenvalue weighted by Crippen LogP contribution is -2.43. The summed E-state index contributed by atoms with van der Waals surface area (Å²) < 4.78 is 0. The first-order valence-corrected chi connectivity index (χ1v) is 7.04. The SMILES string of the molecule is CC1CN(C2CCN(C3CC3)C2)CCCN1. The number of nitrogens with one attached hydrogen (secondary N) is 1. The number of likely N-dealkylation sites (tertiary alicyclic amines) is 1. The maximum Gasteiger partial charge on any atom is 0.0236 e. The van der Waals surface area contributed by atoms with Gasteiger partial charge in [-0.15, -0.1) is 0 Å². The van der Waals surface area contributed by atoms with Gasteiger partial charge in [0, 0.05) is 37.8 Å². The summed E-state index contributed by atoms with van der Waals surface area (Å²) in [6.07, 6.45) is 5.66. The normalized spacial score (nSPS) is 38.8. The summed E-state index contributed by atoms with van der Waals surface area (Å²) in [4.78, 5) is 5.47. The lowest BCUT2D eigenvalue weighted by atomic mass is 10.2. The van der Waals surface area contributed by atoms with E-state index in [-0.39, 0.29) is 0 Å². The molecule has 3 rings (SSSR count). The lowest BCUT2D eigenvalue weighted by molar-refractivity contribution is 0.190. The standard InChI is InChI=1S/C13H25N3/c1-11-9-15(7-2-6-14-11)13-5-8-16(10-13)12-3-4-12/h11-14H,2-10H2,1H3. The Bertz CT molecular complexity index is 239. The molecule has 2 atom stereocenters. The summed E-state index contributed by atoms with van der Waals surface area (Å²) in [5, 5.41) is 3.59. The Morgan fingerprint density at radius 3 is 2.56 bits per heavy atom. The molecule has 0 radical (unpaired) electrons. The second kappa shape index (κ2) is 4.63. The molecule has 2 unspecified atom stereocenters. The van der Waals surface area contributed by atoms with Crippen LogP contribution in [0.1, 0.15) is 32.6 Å². The number of rotatable bonds is 2. The fraction of sp³-hybridized carbons (Fsp3) is 1.00. The van der Waals surface area contributed by atoms with Crippen LogP contribution in [-0.4, -0.2) is 60.6 Å². The molecule has 1 saturated carbocycles. The Balaban J connectivity index is 1.55. The van der Waals surface area contributed by atoms with E-state index in [0.717, 1.165) is 12.1 Å². The fourth-order valence-electron chi connectivity index (χ4n) is 3.31. The monoisotopic (exact) mass is 223 g/mol. The molecule has 3 heteroatoms. The minimum absolute atomic E-state index is 0.678. The zero-order valence-corrected chi connectivity index (χ0v) is 10.5. The molecule has 16 heavy (non-hydrogen) atoms. The molecular weight excluding hydrogens is 198 g/mol. The maximum absolute atomic E-state index is 3.59. The van der Waals surface area contributed by atoms with Crippen molar-refractivity contribution in [1.29, 1.82) is 0 Å². The summed E-state index contributed by atoms with van der Waals surface area (Å²) in [7, 11) is 0. The lowest BCUT2D eigenvalue weighted by Gasteiger charge is -2.29. The molecule has 2 heterocycles. The highest BCUT2D eigenvalue weighted by Crippen LogP contribution is 2.31. The minimum Gasteiger partial charge on any atom is -0.313 e. The van der Waals surface area contributed by atoms with Crippen LogP contribution in [0.4, 0.5) is 0 Å². The van der Waals surface area contributed by atoms with Crippen LogP contribution in [0.5, 0.6) is 0 Å². The molecule has 0 bridgehead atoms. The second-order valence-corrected chi connectivity index (χ2v) is 5.87. The van der Waals surface area contributed by atoms with Crippen LogP contribution >= 0.6 is 0 Å². The first-order valence-electron chi connectivity index (χ1n) is 7.04. The molecule has 0 aromatic rings. The molecule has 3 fully saturated rings. The Labute approximate surface area is 99.2 Å². The summed E-state index contributed by atoms with van der Waals surface area (Å²) >= 11 is 0. The predicted molar refractivity (Wildman–Crippen MR) is 66.7 cm³/mol. The Morgan fingerprint density at radius 2 is 1.75 bits per heavy atom. The van der Waals surface area contributed by atoms with Crippen molar-refractivity contribution >= 4 is 0 Å². The van der Waals surface area contributed by atoms with Crippen LogP contribution in [0.15, 0.2) is 0 Å². The molecule has 3 nitrogen and oxygen atoms in total. The van der Waals surface area contributed by atoms with Crippen molar-refractivity contribution in [2.24, 2.45) is 0 Å². The van der Waals surface area contributed by atoms with Crippen molar-refractivity contribution in [2.75, 3.05) is 32.7 Å². The molecule has 0 aromatic carbocycles. The first kappa shape index (κ1) is 11.0. The smallest absolute Gasteiger partial charge is 0.0236 e. The van der Waals surface area contributed by atoms with Gasteiger partial charge in [0.15, 0.2) is 0 Å². The van der Waals surface area contributed by atoms with Crippen LogP contribution in [0.2, 0.25) is 0 Å². The van der Waals surface area contributed by atoms with Gasteiger partial charge in [-0.1, -0.05) is 0 Å². The number of hydrogen-bond acceptors (Lipinski definition) is 3. The molecular formula is C13H25N3. The summed E-state index contributed by atoms with van der Waals surface area (Å²) in [6.45, 7) is 8.79. The summed E-state index contributed by atoms with van der Waals surface area (Å²) in [5.74, 6) is 0. The third-order valence-electron chi connectivity index (χ3n) is 4.40. The van der Waals surface area contributed by atoms with Crippen molar-refractivity contribution in [3.05, 3.63) is 0 Å². The quantitative estimate of drug-likeness (QED) is 0.750. The van der Waals surface area contributed by atoms with Gasteiger partial charge in [-0.3, -0.25) is 9.80 Å². The van der Waals surface area contributed by atoms with Crippen LogP contribution in [0.25, 0.3) is 0 Å². The molecule has 92 valence electrons. The van der Waals surface area contributed by atoms with Gasteiger partial charge >= 0.3 is 0 Å². The van der Waals surface area contributed by atoms with Crippen molar-refractivity contribution < 1.29 is 0 Å². The van der Waals surface area contributed by atoms with Gasteiger partial charge in [0.2, 0.25) is 0 Å². The minimum atomic E-state index is 0.678. The average Bonchev–Trinajstić information content (AvgIpc) is 3.05. The van der Waals surface area contributed by atoms with Crippen LogP contribution in [0, 0.1) is 0 Å². The third kappa shape index (κ3) is 2.41. The van der Waals surface area contributed by atoms with E-state index in [0.29, 0.717) is 6.04 Å². The van der Waals surface area contributed by atoms with Gasteiger partial charge in [-0.2, -0.15) is 0 Å². The molecule has 1 N–H and O–H groups in total. The van der Waals surface area contributed by atoms with Crippen LogP contribution in [0.3, 0.4) is 0 Å². The highest BCUT2D eigenvalue weighted by Gasteiger charge is 2.36. The van der Waals surface area contributed by atoms with E-state index in [1.165, 1.54) is 58.4 Å².